The maximum atomic E-state index is 12.3. The lowest BCUT2D eigenvalue weighted by molar-refractivity contribution is -0.187. The summed E-state index contributed by atoms with van der Waals surface area (Å²) in [7, 11) is 0. The molecule has 23 heavy (non-hydrogen) atoms. The number of esters is 2. The average molecular weight is 325 g/mol. The highest BCUT2D eigenvalue weighted by atomic mass is 16.6. The van der Waals surface area contributed by atoms with E-state index in [1.807, 2.05) is 39.8 Å². The van der Waals surface area contributed by atoms with Gasteiger partial charge in [0.25, 0.3) is 0 Å². The van der Waals surface area contributed by atoms with Crippen LogP contribution in [0.5, 0.6) is 0 Å². The molecule has 1 aliphatic heterocycles. The predicted octanol–water partition coefficient (Wildman–Crippen LogP) is 1.98. The second-order valence-electron chi connectivity index (χ2n) is 6.21. The lowest BCUT2D eigenvalue weighted by Crippen LogP contribution is -2.47. The first-order valence-corrected chi connectivity index (χ1v) is 8.12. The van der Waals surface area contributed by atoms with Crippen LogP contribution in [-0.4, -0.2) is 36.6 Å². The van der Waals surface area contributed by atoms with E-state index in [9.17, 15) is 14.4 Å². The highest BCUT2D eigenvalue weighted by Gasteiger charge is 2.40. The van der Waals surface area contributed by atoms with Gasteiger partial charge in [-0.3, -0.25) is 9.59 Å². The summed E-state index contributed by atoms with van der Waals surface area (Å²) in [6.07, 6.45) is 5.82. The minimum Gasteiger partial charge on any atom is -0.461 e. The van der Waals surface area contributed by atoms with Crippen LogP contribution in [0.4, 0.5) is 0 Å². The van der Waals surface area contributed by atoms with Gasteiger partial charge in [-0.2, -0.15) is 0 Å². The Morgan fingerprint density at radius 3 is 2.61 bits per heavy atom. The molecule has 0 aromatic heterocycles. The molecule has 1 rings (SSSR count). The van der Waals surface area contributed by atoms with Crippen molar-refractivity contribution >= 4 is 18.3 Å². The van der Waals surface area contributed by atoms with Crippen LogP contribution in [0.25, 0.3) is 0 Å². The molecule has 130 valence electrons. The van der Waals surface area contributed by atoms with Gasteiger partial charge in [0, 0.05) is 6.42 Å². The second kappa shape index (κ2) is 9.33. The molecule has 0 radical (unpaired) electrons. The molecule has 1 fully saturated rings. The van der Waals surface area contributed by atoms with Crippen molar-refractivity contribution in [3.63, 3.8) is 0 Å². The molecule has 4 atom stereocenters. The number of allylic oxidation sites excluding steroid dienone is 2. The summed E-state index contributed by atoms with van der Waals surface area (Å²) in [4.78, 5) is 34.1. The molecule has 0 aromatic rings. The van der Waals surface area contributed by atoms with Gasteiger partial charge >= 0.3 is 11.9 Å². The summed E-state index contributed by atoms with van der Waals surface area (Å²) in [5.41, 5.74) is 0. The van der Waals surface area contributed by atoms with Gasteiger partial charge in [0.05, 0.1) is 5.92 Å². The standard InChI is InChI=1S/C17H27NO5/c1-5-6-7-8-13(9-14-12(4)16(20)23-14)22-17(21)15(11(2)3)18-10-19/h5-6,10-15H,7-9H2,1-4H3,(H,18,19)/t12-,13+,14-,15-/m0/s1. The fourth-order valence-corrected chi connectivity index (χ4v) is 2.47. The van der Waals surface area contributed by atoms with Crippen LogP contribution < -0.4 is 5.32 Å². The molecule has 0 aromatic carbocycles. The highest BCUT2D eigenvalue weighted by molar-refractivity contribution is 5.79. The number of nitrogens with one attached hydrogen (secondary N) is 1. The van der Waals surface area contributed by atoms with E-state index in [-0.39, 0.29) is 30.0 Å². The van der Waals surface area contributed by atoms with Crippen LogP contribution in [0.3, 0.4) is 0 Å². The van der Waals surface area contributed by atoms with Gasteiger partial charge < -0.3 is 14.8 Å². The topological polar surface area (TPSA) is 81.7 Å². The Kier molecular flexibility index (Phi) is 7.78. The zero-order valence-electron chi connectivity index (χ0n) is 14.3. The largest absolute Gasteiger partial charge is 0.461 e. The summed E-state index contributed by atoms with van der Waals surface area (Å²) in [5, 5.41) is 2.50. The number of hydrogen-bond acceptors (Lipinski definition) is 5. The number of cyclic esters (lactones) is 1. The van der Waals surface area contributed by atoms with Gasteiger partial charge in [-0.15, -0.1) is 0 Å². The molecule has 0 saturated carbocycles. The smallest absolute Gasteiger partial charge is 0.329 e. The molecule has 0 unspecified atom stereocenters. The van der Waals surface area contributed by atoms with Gasteiger partial charge in [-0.1, -0.05) is 26.0 Å². The molecule has 1 heterocycles. The van der Waals surface area contributed by atoms with Crippen molar-refractivity contribution in [1.29, 1.82) is 0 Å². The fraction of sp³-hybridized carbons (Fsp3) is 0.706. The van der Waals surface area contributed by atoms with Gasteiger partial charge in [0.2, 0.25) is 6.41 Å². The van der Waals surface area contributed by atoms with Crippen LogP contribution >= 0.6 is 0 Å². The zero-order valence-corrected chi connectivity index (χ0v) is 14.3. The molecule has 1 amide bonds. The summed E-state index contributed by atoms with van der Waals surface area (Å²) in [6, 6.07) is -0.668. The number of carbonyl (C=O) groups excluding carboxylic acids is 3. The maximum absolute atomic E-state index is 12.3. The Hall–Kier alpha value is -1.85. The van der Waals surface area contributed by atoms with Crippen molar-refractivity contribution in [2.24, 2.45) is 11.8 Å². The molecule has 6 nitrogen and oxygen atoms in total. The SMILES string of the molecule is CC=CCC[C@H](C[C@@H]1OC(=O)[C@H]1C)OC(=O)[C@@H](NC=O)C(C)C. The van der Waals surface area contributed by atoms with Gasteiger partial charge in [-0.25, -0.2) is 4.79 Å². The van der Waals surface area contributed by atoms with Gasteiger partial charge in [0.15, 0.2) is 0 Å². The quantitative estimate of drug-likeness (QED) is 0.377. The first-order chi connectivity index (χ1) is 10.9. The van der Waals surface area contributed by atoms with Crippen LogP contribution in [-0.2, 0) is 23.9 Å². The molecule has 0 spiro atoms. The lowest BCUT2D eigenvalue weighted by Gasteiger charge is -2.35. The molecule has 0 bridgehead atoms. The van der Waals surface area contributed by atoms with E-state index in [0.29, 0.717) is 19.3 Å². The Morgan fingerprint density at radius 1 is 1.43 bits per heavy atom. The Morgan fingerprint density at radius 2 is 2.13 bits per heavy atom. The Labute approximate surface area is 137 Å². The molecular formula is C17H27NO5. The first-order valence-electron chi connectivity index (χ1n) is 8.12. The molecule has 6 heteroatoms. The summed E-state index contributed by atoms with van der Waals surface area (Å²) in [6.45, 7) is 7.42. The number of carbonyl (C=O) groups is 3. The monoisotopic (exact) mass is 325 g/mol. The van der Waals surface area contributed by atoms with E-state index < -0.39 is 12.0 Å². The van der Waals surface area contributed by atoms with E-state index >= 15 is 0 Å². The van der Waals surface area contributed by atoms with Crippen LogP contribution in [0.15, 0.2) is 12.2 Å². The van der Waals surface area contributed by atoms with Crippen molar-refractivity contribution in [1.82, 2.24) is 5.32 Å². The number of rotatable bonds is 10. The highest BCUT2D eigenvalue weighted by Crippen LogP contribution is 2.28. The van der Waals surface area contributed by atoms with Crippen molar-refractivity contribution in [2.75, 3.05) is 0 Å². The molecule has 1 N–H and O–H groups in total. The zero-order chi connectivity index (χ0) is 17.4. The Balaban J connectivity index is 2.64. The first kappa shape index (κ1) is 19.2. The van der Waals surface area contributed by atoms with Crippen molar-refractivity contribution < 1.29 is 23.9 Å². The second-order valence-corrected chi connectivity index (χ2v) is 6.21. The van der Waals surface area contributed by atoms with Crippen molar-refractivity contribution in [2.45, 2.75) is 65.2 Å². The van der Waals surface area contributed by atoms with Crippen LogP contribution in [0, 0.1) is 11.8 Å². The number of amides is 1. The summed E-state index contributed by atoms with van der Waals surface area (Å²) in [5.74, 6) is -0.886. The predicted molar refractivity (Wildman–Crippen MR) is 85.4 cm³/mol. The van der Waals surface area contributed by atoms with E-state index in [2.05, 4.69) is 5.32 Å². The maximum Gasteiger partial charge on any atom is 0.329 e. The van der Waals surface area contributed by atoms with E-state index in [1.165, 1.54) is 0 Å². The molecule has 0 aliphatic carbocycles. The Bertz CT molecular complexity index is 446. The average Bonchev–Trinajstić information content (AvgIpc) is 2.51. The van der Waals surface area contributed by atoms with Crippen molar-refractivity contribution in [3.05, 3.63) is 12.2 Å². The fourth-order valence-electron chi connectivity index (χ4n) is 2.47. The minimum absolute atomic E-state index is 0.0654. The van der Waals surface area contributed by atoms with Gasteiger partial charge in [0.1, 0.15) is 18.2 Å². The molecular weight excluding hydrogens is 298 g/mol. The molecule has 1 aliphatic rings. The minimum atomic E-state index is -0.668. The van der Waals surface area contributed by atoms with E-state index in [4.69, 9.17) is 9.47 Å². The van der Waals surface area contributed by atoms with Gasteiger partial charge in [-0.05, 0) is 32.6 Å². The normalized spacial score (nSPS) is 23.1. The van der Waals surface area contributed by atoms with Crippen molar-refractivity contribution in [3.8, 4) is 0 Å². The molecule has 1 saturated heterocycles. The third kappa shape index (κ3) is 5.69. The summed E-state index contributed by atoms with van der Waals surface area (Å²) < 4.78 is 10.7. The number of hydrogen-bond donors (Lipinski definition) is 1. The van der Waals surface area contributed by atoms with Crippen LogP contribution in [0.1, 0.15) is 47.0 Å². The lowest BCUT2D eigenvalue weighted by atomic mass is 9.92. The third-order valence-corrected chi connectivity index (χ3v) is 4.03. The van der Waals surface area contributed by atoms with E-state index in [1.54, 1.807) is 0 Å². The van der Waals surface area contributed by atoms with Crippen LogP contribution in [0.2, 0.25) is 0 Å². The van der Waals surface area contributed by atoms with E-state index in [0.717, 1.165) is 6.42 Å². The number of ether oxygens (including phenoxy) is 2. The third-order valence-electron chi connectivity index (χ3n) is 4.03. The summed E-state index contributed by atoms with van der Waals surface area (Å²) >= 11 is 0.